The summed E-state index contributed by atoms with van der Waals surface area (Å²) in [4.78, 5) is 31.7. The highest BCUT2D eigenvalue weighted by molar-refractivity contribution is 6.23. The summed E-state index contributed by atoms with van der Waals surface area (Å²) in [6, 6.07) is 0. The number of Topliss-reactive ketones (excluding diaryl/α,β-unsaturated/α-hetero) is 1. The lowest BCUT2D eigenvalue weighted by molar-refractivity contribution is -0.112. The highest BCUT2D eigenvalue weighted by Gasteiger charge is 2.49. The molecule has 0 unspecified atom stereocenters. The smallest absolute Gasteiger partial charge is 0.312 e. The molecule has 5 rings (SSSR count). The zero-order valence-electron chi connectivity index (χ0n) is 32.8. The van der Waals surface area contributed by atoms with E-state index in [9.17, 15) is 35.1 Å². The van der Waals surface area contributed by atoms with Gasteiger partial charge in [0.2, 0.25) is 0 Å². The molecule has 0 radical (unpaired) electrons. The van der Waals surface area contributed by atoms with Gasteiger partial charge in [-0.15, -0.1) is 0 Å². The third kappa shape index (κ3) is 7.82. The topological polar surface area (TPSA) is 203 Å². The first-order chi connectivity index (χ1) is 25.3. The van der Waals surface area contributed by atoms with Gasteiger partial charge >= 0.3 is 5.79 Å². The number of aliphatic imine (C=N–C) groups is 1. The number of ketones is 1. The number of hydrogen-bond donors (Lipinski definition) is 6. The molecule has 1 amide bonds. The maximum atomic E-state index is 14.3. The molecule has 0 fully saturated rings. The van der Waals surface area contributed by atoms with Crippen LogP contribution in [0, 0.1) is 36.5 Å². The maximum absolute atomic E-state index is 14.3. The predicted octanol–water partition coefficient (Wildman–Crippen LogP) is 5.38. The fourth-order valence-corrected chi connectivity index (χ4v) is 7.04. The second-order valence-corrected chi connectivity index (χ2v) is 14.6. The lowest BCUT2D eigenvalue weighted by Crippen LogP contribution is -2.41. The maximum Gasteiger partial charge on any atom is 0.312 e. The molecule has 294 valence electrons. The van der Waals surface area contributed by atoms with Crippen LogP contribution in [0.15, 0.2) is 46.2 Å². The fraction of sp³-hybridized carbons (Fsp3) is 0.500. The molecule has 3 aliphatic rings. The number of benzene rings is 2. The molecule has 0 saturated carbocycles. The molecule has 14 heteroatoms. The van der Waals surface area contributed by atoms with E-state index in [1.54, 1.807) is 32.2 Å². The van der Waals surface area contributed by atoms with E-state index in [4.69, 9.17) is 14.2 Å². The van der Waals surface area contributed by atoms with Crippen LogP contribution >= 0.6 is 0 Å². The predicted molar refractivity (Wildman–Crippen MR) is 207 cm³/mol. The van der Waals surface area contributed by atoms with Gasteiger partial charge in [0.15, 0.2) is 5.75 Å². The monoisotopic (exact) mass is 750 g/mol. The molecular weight excluding hydrogens is 696 g/mol. The van der Waals surface area contributed by atoms with Gasteiger partial charge in [-0.25, -0.2) is 0 Å². The van der Waals surface area contributed by atoms with Gasteiger partial charge in [-0.3, -0.25) is 19.6 Å². The number of phenols is 3. The minimum absolute atomic E-state index is 0.0692. The molecule has 0 spiro atoms. The molecule has 6 N–H and O–H groups in total. The lowest BCUT2D eigenvalue weighted by Gasteiger charge is -2.37. The van der Waals surface area contributed by atoms with Crippen LogP contribution in [-0.4, -0.2) is 100 Å². The number of allylic oxidation sites excluding steroid dienone is 2. The number of aliphatic hydroxyl groups is 2. The van der Waals surface area contributed by atoms with Gasteiger partial charge in [-0.2, -0.15) is 5.10 Å². The van der Waals surface area contributed by atoms with E-state index in [-0.39, 0.29) is 62.2 Å². The molecular formula is C40H54N4O10. The van der Waals surface area contributed by atoms with E-state index >= 15 is 0 Å². The Balaban J connectivity index is 1.98. The third-order valence-electron chi connectivity index (χ3n) is 11.0. The molecule has 0 aromatic heterocycles. The van der Waals surface area contributed by atoms with Crippen LogP contribution in [0.1, 0.15) is 70.0 Å². The van der Waals surface area contributed by atoms with Gasteiger partial charge in [-0.1, -0.05) is 52.8 Å². The zero-order chi connectivity index (χ0) is 40.4. The number of nitrogens with zero attached hydrogens (tertiary/aromatic N) is 3. The summed E-state index contributed by atoms with van der Waals surface area (Å²) in [5.41, 5.74) is -0.361. The molecule has 5 bridgehead atoms. The number of ether oxygens (including phenoxy) is 3. The molecule has 0 aliphatic carbocycles. The second kappa shape index (κ2) is 16.6. The number of phenolic OH excluding ortho intramolecular Hbond substituents is 3. The van der Waals surface area contributed by atoms with E-state index in [2.05, 4.69) is 15.4 Å². The quantitative estimate of drug-likeness (QED) is 0.0770. The van der Waals surface area contributed by atoms with Crippen molar-refractivity contribution in [1.29, 1.82) is 0 Å². The lowest BCUT2D eigenvalue weighted by atomic mass is 9.74. The number of anilines is 1. The summed E-state index contributed by atoms with van der Waals surface area (Å²) < 4.78 is 17.8. The number of carbonyl (C=O) groups is 2. The summed E-state index contributed by atoms with van der Waals surface area (Å²) in [6.45, 7) is 13.9. The molecule has 0 saturated heterocycles. The molecule has 9 atom stereocenters. The Morgan fingerprint density at radius 2 is 1.59 bits per heavy atom. The van der Waals surface area contributed by atoms with Crippen LogP contribution in [0.4, 0.5) is 5.69 Å². The summed E-state index contributed by atoms with van der Waals surface area (Å²) in [7, 11) is 4.64. The van der Waals surface area contributed by atoms with Crippen molar-refractivity contribution in [1.82, 2.24) is 5.01 Å². The van der Waals surface area contributed by atoms with Crippen molar-refractivity contribution >= 4 is 40.7 Å². The van der Waals surface area contributed by atoms with Gasteiger partial charge < -0.3 is 45.1 Å². The molecule has 3 heterocycles. The largest absolute Gasteiger partial charge is 0.507 e. The first kappa shape index (κ1) is 41.8. The molecule has 54 heavy (non-hydrogen) atoms. The Morgan fingerprint density at radius 1 is 0.926 bits per heavy atom. The van der Waals surface area contributed by atoms with Crippen molar-refractivity contribution < 1.29 is 49.3 Å². The minimum Gasteiger partial charge on any atom is -0.507 e. The van der Waals surface area contributed by atoms with Crippen molar-refractivity contribution in [2.24, 2.45) is 39.7 Å². The number of hydrogen-bond acceptors (Lipinski definition) is 12. The van der Waals surface area contributed by atoms with Crippen LogP contribution in [-0.2, 0) is 14.3 Å². The van der Waals surface area contributed by atoms with Gasteiger partial charge in [0.1, 0.15) is 23.6 Å². The SMILES string of the molecule is CN=CN(C)/N=C/c1c2c(O)c3c(O)c(C)c4c(c3c1O)C(=O)[C@@](C)(O/C=C/[C@H](OC)[C@@H](C)[C@@H](C)[C@H](C)[C@H](O)[C@H](C)[C@@H](O)[C@@H](C)/C=C/C=C(/C)C(=O)N2)O4. The van der Waals surface area contributed by atoms with Crippen molar-refractivity contribution in [2.75, 3.05) is 26.5 Å². The van der Waals surface area contributed by atoms with Gasteiger partial charge in [0, 0.05) is 56.5 Å². The molecule has 3 aliphatic heterocycles. The summed E-state index contributed by atoms with van der Waals surface area (Å²) >= 11 is 0. The number of methoxy groups -OCH3 is 1. The standard InChI is InChI=1S/C40H54N4O10/c1-19-13-12-14-20(2)39(51)43-31-26(17-42-44(10)18-41-9)35(48)28-29(36(31)49)34(47)25(7)37-30(28)38(50)40(8,54-37)53-16-15-27(52-11)22(4)21(3)23(5)33(46)24(6)32(19)45/h12-19,21-24,27,32-33,45-49H,1-11H3,(H,43,51)/b13-12+,16-15+,20-14-,41-18?,42-17+/t19-,21+,22-,23-,24+,27-,32-,33-,40-/m0/s1. The molecule has 2 aromatic rings. The highest BCUT2D eigenvalue weighted by atomic mass is 16.7. The van der Waals surface area contributed by atoms with E-state index < -0.39 is 64.9 Å². The average Bonchev–Trinajstić information content (AvgIpc) is 3.40. The number of nitrogens with one attached hydrogen (secondary N) is 1. The highest BCUT2D eigenvalue weighted by Crippen LogP contribution is 2.55. The van der Waals surface area contributed by atoms with Crippen LogP contribution in [0.5, 0.6) is 23.0 Å². The number of hydrazone groups is 1. The Kier molecular flexibility index (Phi) is 12.9. The first-order valence-electron chi connectivity index (χ1n) is 17.9. The normalized spacial score (nSPS) is 32.1. The summed E-state index contributed by atoms with van der Waals surface area (Å²) in [5, 5.41) is 65.3. The van der Waals surface area contributed by atoms with Crippen molar-refractivity contribution in [3.63, 3.8) is 0 Å². The van der Waals surface area contributed by atoms with Crippen LogP contribution in [0.25, 0.3) is 10.8 Å². The van der Waals surface area contributed by atoms with E-state index in [1.807, 2.05) is 27.7 Å². The third-order valence-corrected chi connectivity index (χ3v) is 11.0. The molecule has 2 aromatic carbocycles. The van der Waals surface area contributed by atoms with Crippen molar-refractivity contribution in [3.05, 3.63) is 52.8 Å². The van der Waals surface area contributed by atoms with Crippen LogP contribution < -0.4 is 10.1 Å². The number of fused-ring (bicyclic) bond motifs is 14. The number of amides is 1. The second-order valence-electron chi connectivity index (χ2n) is 14.6. The van der Waals surface area contributed by atoms with Gasteiger partial charge in [0.05, 0.1) is 53.0 Å². The van der Waals surface area contributed by atoms with Crippen molar-refractivity contribution in [2.45, 2.75) is 79.5 Å². The average molecular weight is 751 g/mol. The van der Waals surface area contributed by atoms with Gasteiger partial charge in [0.25, 0.3) is 11.7 Å². The summed E-state index contributed by atoms with van der Waals surface area (Å²) in [6.07, 6.45) is 8.05. The minimum atomic E-state index is -1.96. The Bertz CT molecular complexity index is 1920. The van der Waals surface area contributed by atoms with E-state index in [0.29, 0.717) is 0 Å². The van der Waals surface area contributed by atoms with Gasteiger partial charge in [-0.05, 0) is 37.7 Å². The van der Waals surface area contributed by atoms with E-state index in [0.717, 1.165) is 0 Å². The fourth-order valence-electron chi connectivity index (χ4n) is 7.04. The number of aromatic hydroxyl groups is 3. The van der Waals surface area contributed by atoms with Crippen molar-refractivity contribution in [3.8, 4) is 23.0 Å². The van der Waals surface area contributed by atoms with E-state index in [1.165, 1.54) is 64.8 Å². The first-order valence-corrected chi connectivity index (χ1v) is 17.9. The van der Waals surface area contributed by atoms with Crippen LogP contribution in [0.2, 0.25) is 0 Å². The van der Waals surface area contributed by atoms with Crippen LogP contribution in [0.3, 0.4) is 0 Å². The molecule has 14 nitrogen and oxygen atoms in total. The number of carbonyl (C=O) groups excluding carboxylic acids is 2. The number of aliphatic hydroxyl groups excluding tert-OH is 2. The number of rotatable bonds is 4. The summed E-state index contributed by atoms with van der Waals surface area (Å²) in [5.74, 6) is -6.56. The Morgan fingerprint density at radius 3 is 2.22 bits per heavy atom. The Hall–Kier alpha value is -4.92. The zero-order valence-corrected chi connectivity index (χ0v) is 32.8. The Labute approximate surface area is 316 Å².